The van der Waals surface area contributed by atoms with Crippen LogP contribution in [0.25, 0.3) is 0 Å². The van der Waals surface area contributed by atoms with Crippen molar-refractivity contribution in [2.24, 2.45) is 5.92 Å². The monoisotopic (exact) mass is 260 g/mol. The molecule has 1 atom stereocenters. The van der Waals surface area contributed by atoms with Gasteiger partial charge in [-0.25, -0.2) is 0 Å². The van der Waals surface area contributed by atoms with Crippen molar-refractivity contribution in [1.29, 1.82) is 0 Å². The van der Waals surface area contributed by atoms with E-state index < -0.39 is 0 Å². The minimum Gasteiger partial charge on any atom is -0.493 e. The van der Waals surface area contributed by atoms with Gasteiger partial charge < -0.3 is 10.1 Å². The summed E-state index contributed by atoms with van der Waals surface area (Å²) in [5.41, 5.74) is 1.38. The number of hydrogen-bond acceptors (Lipinski definition) is 3. The molecule has 1 saturated carbocycles. The highest BCUT2D eigenvalue weighted by molar-refractivity contribution is 5.27. The van der Waals surface area contributed by atoms with E-state index in [1.54, 1.807) is 0 Å². The van der Waals surface area contributed by atoms with Crippen molar-refractivity contribution in [1.82, 2.24) is 10.2 Å². The van der Waals surface area contributed by atoms with Gasteiger partial charge in [-0.1, -0.05) is 12.1 Å². The fraction of sp³-hybridized carbons (Fsp3) is 0.625. The zero-order chi connectivity index (χ0) is 13.1. The lowest BCUT2D eigenvalue weighted by Gasteiger charge is -2.33. The SMILES string of the molecule is C[C@@H]1CNCCN1Cc1ccc(OCC2CC2)cc1. The molecule has 0 unspecified atom stereocenters. The first kappa shape index (κ1) is 12.9. The summed E-state index contributed by atoms with van der Waals surface area (Å²) in [6.07, 6.45) is 2.69. The Balaban J connectivity index is 1.52. The Labute approximate surface area is 115 Å². The summed E-state index contributed by atoms with van der Waals surface area (Å²) in [4.78, 5) is 2.54. The van der Waals surface area contributed by atoms with E-state index in [9.17, 15) is 0 Å². The molecule has 2 aliphatic rings. The number of rotatable bonds is 5. The van der Waals surface area contributed by atoms with E-state index in [0.717, 1.165) is 44.5 Å². The summed E-state index contributed by atoms with van der Waals surface area (Å²) >= 11 is 0. The topological polar surface area (TPSA) is 24.5 Å². The molecule has 104 valence electrons. The largest absolute Gasteiger partial charge is 0.493 e. The van der Waals surface area contributed by atoms with E-state index in [2.05, 4.69) is 41.4 Å². The molecule has 1 aliphatic heterocycles. The number of benzene rings is 1. The van der Waals surface area contributed by atoms with Crippen LogP contribution < -0.4 is 10.1 Å². The van der Waals surface area contributed by atoms with E-state index in [1.165, 1.54) is 18.4 Å². The van der Waals surface area contributed by atoms with Crippen molar-refractivity contribution < 1.29 is 4.74 Å². The average molecular weight is 260 g/mol. The maximum atomic E-state index is 5.77. The van der Waals surface area contributed by atoms with Crippen LogP contribution in [-0.4, -0.2) is 37.2 Å². The fourth-order valence-corrected chi connectivity index (χ4v) is 2.54. The van der Waals surface area contributed by atoms with Crippen molar-refractivity contribution in [2.75, 3.05) is 26.2 Å². The lowest BCUT2D eigenvalue weighted by Crippen LogP contribution is -2.49. The van der Waals surface area contributed by atoms with E-state index in [-0.39, 0.29) is 0 Å². The highest BCUT2D eigenvalue weighted by atomic mass is 16.5. The predicted molar refractivity (Wildman–Crippen MR) is 77.4 cm³/mol. The Morgan fingerprint density at radius 2 is 2.05 bits per heavy atom. The normalized spacial score (nSPS) is 24.4. The molecule has 1 saturated heterocycles. The molecule has 0 aromatic heterocycles. The Bertz CT molecular complexity index is 400. The number of hydrogen-bond donors (Lipinski definition) is 1. The zero-order valence-electron chi connectivity index (χ0n) is 11.8. The second-order valence-corrected chi connectivity index (χ2v) is 5.92. The van der Waals surface area contributed by atoms with Crippen molar-refractivity contribution in [3.63, 3.8) is 0 Å². The molecule has 1 heterocycles. The van der Waals surface area contributed by atoms with Gasteiger partial charge in [0.05, 0.1) is 6.61 Å². The Morgan fingerprint density at radius 3 is 2.74 bits per heavy atom. The van der Waals surface area contributed by atoms with Crippen molar-refractivity contribution in [3.8, 4) is 5.75 Å². The number of piperazine rings is 1. The minimum absolute atomic E-state index is 0.625. The Hall–Kier alpha value is -1.06. The van der Waals surface area contributed by atoms with E-state index >= 15 is 0 Å². The highest BCUT2D eigenvalue weighted by Gasteiger charge is 2.22. The summed E-state index contributed by atoms with van der Waals surface area (Å²) in [6, 6.07) is 9.27. The van der Waals surface area contributed by atoms with Crippen LogP contribution >= 0.6 is 0 Å². The number of nitrogens with zero attached hydrogens (tertiary/aromatic N) is 1. The number of ether oxygens (including phenoxy) is 1. The molecule has 3 heteroatoms. The molecule has 1 N–H and O–H groups in total. The Kier molecular flexibility index (Phi) is 4.04. The van der Waals surface area contributed by atoms with Gasteiger partial charge in [-0.15, -0.1) is 0 Å². The first-order chi connectivity index (χ1) is 9.31. The molecule has 0 bridgehead atoms. The summed E-state index contributed by atoms with van der Waals surface area (Å²) in [6.45, 7) is 7.58. The molecule has 0 amide bonds. The van der Waals surface area contributed by atoms with E-state index in [4.69, 9.17) is 4.74 Å². The molecule has 1 aromatic rings. The van der Waals surface area contributed by atoms with Crippen LogP contribution in [0.15, 0.2) is 24.3 Å². The summed E-state index contributed by atoms with van der Waals surface area (Å²) in [5, 5.41) is 3.43. The van der Waals surface area contributed by atoms with Crippen LogP contribution in [0.2, 0.25) is 0 Å². The third-order valence-electron chi connectivity index (χ3n) is 4.13. The van der Waals surface area contributed by atoms with Crippen LogP contribution in [0.1, 0.15) is 25.3 Å². The minimum atomic E-state index is 0.625. The van der Waals surface area contributed by atoms with Gasteiger partial charge in [-0.3, -0.25) is 4.90 Å². The average Bonchev–Trinajstić information content (AvgIpc) is 3.25. The van der Waals surface area contributed by atoms with Crippen LogP contribution in [0, 0.1) is 5.92 Å². The lowest BCUT2D eigenvalue weighted by atomic mass is 10.1. The molecule has 3 rings (SSSR count). The second kappa shape index (κ2) is 5.93. The van der Waals surface area contributed by atoms with Crippen LogP contribution in [-0.2, 0) is 6.54 Å². The van der Waals surface area contributed by atoms with Gasteiger partial charge in [0.2, 0.25) is 0 Å². The van der Waals surface area contributed by atoms with Gasteiger partial charge in [0, 0.05) is 32.2 Å². The quantitative estimate of drug-likeness (QED) is 0.879. The van der Waals surface area contributed by atoms with Gasteiger partial charge in [0.25, 0.3) is 0 Å². The molecular weight excluding hydrogens is 236 g/mol. The van der Waals surface area contributed by atoms with Gasteiger partial charge in [-0.05, 0) is 43.4 Å². The molecular formula is C16H24N2O. The van der Waals surface area contributed by atoms with Gasteiger partial charge >= 0.3 is 0 Å². The first-order valence-electron chi connectivity index (χ1n) is 7.48. The molecule has 0 spiro atoms. The third-order valence-corrected chi connectivity index (χ3v) is 4.13. The maximum Gasteiger partial charge on any atom is 0.119 e. The van der Waals surface area contributed by atoms with Crippen molar-refractivity contribution >= 4 is 0 Å². The first-order valence-corrected chi connectivity index (χ1v) is 7.48. The second-order valence-electron chi connectivity index (χ2n) is 5.92. The standard InChI is InChI=1S/C16H24N2O/c1-13-10-17-8-9-18(13)11-14-4-6-16(7-5-14)19-12-15-2-3-15/h4-7,13,15,17H,2-3,8-12H2,1H3/t13-/m1/s1. The van der Waals surface area contributed by atoms with E-state index in [0.29, 0.717) is 6.04 Å². The van der Waals surface area contributed by atoms with Crippen molar-refractivity contribution in [2.45, 2.75) is 32.4 Å². The molecule has 19 heavy (non-hydrogen) atoms. The van der Waals surface area contributed by atoms with E-state index in [1.807, 2.05) is 0 Å². The third kappa shape index (κ3) is 3.71. The Morgan fingerprint density at radius 1 is 1.26 bits per heavy atom. The fourth-order valence-electron chi connectivity index (χ4n) is 2.54. The van der Waals surface area contributed by atoms with Gasteiger partial charge in [-0.2, -0.15) is 0 Å². The molecule has 0 radical (unpaired) electrons. The van der Waals surface area contributed by atoms with Crippen LogP contribution in [0.3, 0.4) is 0 Å². The van der Waals surface area contributed by atoms with Gasteiger partial charge in [0.15, 0.2) is 0 Å². The summed E-state index contributed by atoms with van der Waals surface area (Å²) in [7, 11) is 0. The molecule has 3 nitrogen and oxygen atoms in total. The number of nitrogens with one attached hydrogen (secondary N) is 1. The zero-order valence-corrected chi connectivity index (χ0v) is 11.8. The van der Waals surface area contributed by atoms with Gasteiger partial charge in [0.1, 0.15) is 5.75 Å². The predicted octanol–water partition coefficient (Wildman–Crippen LogP) is 2.27. The molecule has 1 aromatic carbocycles. The maximum absolute atomic E-state index is 5.77. The smallest absolute Gasteiger partial charge is 0.119 e. The van der Waals surface area contributed by atoms with Crippen LogP contribution in [0.5, 0.6) is 5.75 Å². The summed E-state index contributed by atoms with van der Waals surface area (Å²) in [5.74, 6) is 1.84. The summed E-state index contributed by atoms with van der Waals surface area (Å²) < 4.78 is 5.77. The lowest BCUT2D eigenvalue weighted by molar-refractivity contribution is 0.165. The molecule has 1 aliphatic carbocycles. The van der Waals surface area contributed by atoms with Crippen LogP contribution in [0.4, 0.5) is 0 Å². The highest BCUT2D eigenvalue weighted by Crippen LogP contribution is 2.29. The van der Waals surface area contributed by atoms with Crippen molar-refractivity contribution in [3.05, 3.63) is 29.8 Å². The molecule has 2 fully saturated rings.